The number of ether oxygens (including phenoxy) is 2. The molecule has 112 valence electrons. The van der Waals surface area contributed by atoms with E-state index < -0.39 is 0 Å². The monoisotopic (exact) mass is 279 g/mol. The zero-order valence-electron chi connectivity index (χ0n) is 12.6. The van der Waals surface area contributed by atoms with Gasteiger partial charge in [-0.15, -0.1) is 0 Å². The minimum atomic E-state index is -0.0969. The highest BCUT2D eigenvalue weighted by atomic mass is 16.5. The van der Waals surface area contributed by atoms with E-state index in [1.807, 2.05) is 26.0 Å². The fourth-order valence-electron chi connectivity index (χ4n) is 2.26. The van der Waals surface area contributed by atoms with Gasteiger partial charge in [-0.3, -0.25) is 0 Å². The van der Waals surface area contributed by atoms with Crippen LogP contribution in [0.2, 0.25) is 0 Å². The zero-order chi connectivity index (χ0) is 14.6. The highest BCUT2D eigenvalue weighted by Crippen LogP contribution is 2.27. The smallest absolute Gasteiger partial charge is 0.120 e. The van der Waals surface area contributed by atoms with Gasteiger partial charge in [-0.05, 0) is 38.5 Å². The lowest BCUT2D eigenvalue weighted by Gasteiger charge is -2.40. The molecule has 1 saturated heterocycles. The summed E-state index contributed by atoms with van der Waals surface area (Å²) >= 11 is 0. The van der Waals surface area contributed by atoms with Crippen molar-refractivity contribution in [1.82, 2.24) is 5.32 Å². The van der Waals surface area contributed by atoms with Crippen molar-refractivity contribution < 1.29 is 14.6 Å². The van der Waals surface area contributed by atoms with Gasteiger partial charge in [-0.1, -0.05) is 12.1 Å². The van der Waals surface area contributed by atoms with Gasteiger partial charge < -0.3 is 19.9 Å². The normalized spacial score (nSPS) is 18.6. The molecule has 2 rings (SSSR count). The molecule has 0 radical (unpaired) electrons. The fourth-order valence-corrected chi connectivity index (χ4v) is 2.26. The third-order valence-electron chi connectivity index (χ3n) is 3.67. The van der Waals surface area contributed by atoms with Crippen molar-refractivity contribution in [3.05, 3.63) is 29.8 Å². The van der Waals surface area contributed by atoms with E-state index in [0.717, 1.165) is 12.3 Å². The second kappa shape index (κ2) is 6.57. The quantitative estimate of drug-likeness (QED) is 0.803. The summed E-state index contributed by atoms with van der Waals surface area (Å²) in [5.41, 5.74) is 1.09. The standard InChI is InChI=1S/C16H25NO3/c1-12(2)20-15-6-4-5-14(7-15)13(3)17-8-16(9-18)10-19-11-16/h4-7,12-13,17-18H,8-11H2,1-3H3. The second-order valence-corrected chi connectivity index (χ2v) is 5.99. The van der Waals surface area contributed by atoms with Gasteiger partial charge in [-0.25, -0.2) is 0 Å². The summed E-state index contributed by atoms with van der Waals surface area (Å²) in [5.74, 6) is 0.898. The summed E-state index contributed by atoms with van der Waals surface area (Å²) in [6.07, 6.45) is 0.179. The van der Waals surface area contributed by atoms with Crippen LogP contribution in [0.25, 0.3) is 0 Å². The molecule has 1 unspecified atom stereocenters. The molecule has 1 atom stereocenters. The van der Waals surface area contributed by atoms with Gasteiger partial charge in [0.15, 0.2) is 0 Å². The van der Waals surface area contributed by atoms with Gasteiger partial charge >= 0.3 is 0 Å². The summed E-state index contributed by atoms with van der Waals surface area (Å²) < 4.78 is 10.9. The first-order chi connectivity index (χ1) is 9.54. The van der Waals surface area contributed by atoms with Crippen LogP contribution in [0.4, 0.5) is 0 Å². The van der Waals surface area contributed by atoms with Crippen LogP contribution in [0.1, 0.15) is 32.4 Å². The lowest BCUT2D eigenvalue weighted by Crippen LogP contribution is -2.52. The van der Waals surface area contributed by atoms with Gasteiger partial charge in [0.25, 0.3) is 0 Å². The van der Waals surface area contributed by atoms with Crippen LogP contribution in [0, 0.1) is 5.41 Å². The summed E-state index contributed by atoms with van der Waals surface area (Å²) in [4.78, 5) is 0. The number of rotatable bonds is 7. The average molecular weight is 279 g/mol. The van der Waals surface area contributed by atoms with Crippen LogP contribution in [0.3, 0.4) is 0 Å². The van der Waals surface area contributed by atoms with Crippen LogP contribution in [0.5, 0.6) is 5.75 Å². The van der Waals surface area contributed by atoms with E-state index in [9.17, 15) is 5.11 Å². The molecule has 1 aliphatic rings. The van der Waals surface area contributed by atoms with Gasteiger partial charge in [0.05, 0.1) is 31.3 Å². The van der Waals surface area contributed by atoms with Gasteiger partial charge in [0.2, 0.25) is 0 Å². The molecule has 1 aromatic carbocycles. The number of hydrogen-bond acceptors (Lipinski definition) is 4. The van der Waals surface area contributed by atoms with Crippen LogP contribution in [0.15, 0.2) is 24.3 Å². The van der Waals surface area contributed by atoms with E-state index in [-0.39, 0.29) is 24.2 Å². The van der Waals surface area contributed by atoms with Crippen molar-refractivity contribution in [3.8, 4) is 5.75 Å². The predicted octanol–water partition coefficient (Wildman–Crippen LogP) is 2.13. The summed E-state index contributed by atoms with van der Waals surface area (Å²) in [7, 11) is 0. The lowest BCUT2D eigenvalue weighted by atomic mass is 9.86. The maximum atomic E-state index is 9.42. The van der Waals surface area contributed by atoms with Crippen molar-refractivity contribution in [2.24, 2.45) is 5.41 Å². The molecule has 4 heteroatoms. The van der Waals surface area contributed by atoms with Crippen molar-refractivity contribution in [1.29, 1.82) is 0 Å². The van der Waals surface area contributed by atoms with E-state index in [2.05, 4.69) is 24.4 Å². The third-order valence-corrected chi connectivity index (χ3v) is 3.67. The molecular weight excluding hydrogens is 254 g/mol. The first kappa shape index (κ1) is 15.3. The molecule has 2 N–H and O–H groups in total. The number of aliphatic hydroxyl groups excluding tert-OH is 1. The molecule has 1 fully saturated rings. The molecule has 0 saturated carbocycles. The number of benzene rings is 1. The summed E-state index contributed by atoms with van der Waals surface area (Å²) in [6, 6.07) is 8.37. The van der Waals surface area contributed by atoms with Gasteiger partial charge in [0.1, 0.15) is 5.75 Å². The lowest BCUT2D eigenvalue weighted by molar-refractivity contribution is -0.135. The molecule has 1 heterocycles. The maximum Gasteiger partial charge on any atom is 0.120 e. The molecule has 0 bridgehead atoms. The first-order valence-electron chi connectivity index (χ1n) is 7.23. The van der Waals surface area contributed by atoms with E-state index in [1.54, 1.807) is 0 Å². The molecule has 0 aliphatic carbocycles. The third kappa shape index (κ3) is 3.72. The SMILES string of the molecule is CC(C)Oc1cccc(C(C)NCC2(CO)COC2)c1. The molecule has 0 spiro atoms. The molecule has 0 aromatic heterocycles. The van der Waals surface area contributed by atoms with Crippen molar-refractivity contribution in [2.75, 3.05) is 26.4 Å². The fraction of sp³-hybridized carbons (Fsp3) is 0.625. The van der Waals surface area contributed by atoms with Gasteiger partial charge in [0, 0.05) is 12.6 Å². The second-order valence-electron chi connectivity index (χ2n) is 5.99. The molecule has 20 heavy (non-hydrogen) atoms. The Morgan fingerprint density at radius 1 is 1.35 bits per heavy atom. The largest absolute Gasteiger partial charge is 0.491 e. The minimum absolute atomic E-state index is 0.0969. The van der Waals surface area contributed by atoms with Gasteiger partial charge in [-0.2, -0.15) is 0 Å². The Labute approximate surface area is 121 Å². The molecular formula is C16H25NO3. The first-order valence-corrected chi connectivity index (χ1v) is 7.23. The van der Waals surface area contributed by atoms with Crippen molar-refractivity contribution in [3.63, 3.8) is 0 Å². The number of aliphatic hydroxyl groups is 1. The Hall–Kier alpha value is -1.10. The molecule has 1 aromatic rings. The zero-order valence-corrected chi connectivity index (χ0v) is 12.6. The molecule has 0 amide bonds. The van der Waals surface area contributed by atoms with E-state index >= 15 is 0 Å². The number of nitrogens with one attached hydrogen (secondary N) is 1. The van der Waals surface area contributed by atoms with E-state index in [0.29, 0.717) is 13.2 Å². The summed E-state index contributed by atoms with van der Waals surface area (Å²) in [6.45, 7) is 8.38. The van der Waals surface area contributed by atoms with Crippen molar-refractivity contribution >= 4 is 0 Å². The van der Waals surface area contributed by atoms with E-state index in [1.165, 1.54) is 5.56 Å². The van der Waals surface area contributed by atoms with Crippen LogP contribution in [-0.4, -0.2) is 37.6 Å². The average Bonchev–Trinajstić information content (AvgIpc) is 2.37. The number of hydrogen-bond donors (Lipinski definition) is 2. The van der Waals surface area contributed by atoms with Crippen molar-refractivity contribution in [2.45, 2.75) is 32.9 Å². The highest BCUT2D eigenvalue weighted by molar-refractivity contribution is 5.30. The van der Waals surface area contributed by atoms with Crippen LogP contribution < -0.4 is 10.1 Å². The molecule has 4 nitrogen and oxygen atoms in total. The Morgan fingerprint density at radius 2 is 2.10 bits per heavy atom. The van der Waals surface area contributed by atoms with Crippen LogP contribution >= 0.6 is 0 Å². The van der Waals surface area contributed by atoms with E-state index in [4.69, 9.17) is 9.47 Å². The highest BCUT2D eigenvalue weighted by Gasteiger charge is 2.37. The Kier molecular flexibility index (Phi) is 5.02. The Balaban J connectivity index is 1.93. The summed E-state index contributed by atoms with van der Waals surface area (Å²) in [5, 5.41) is 12.9. The minimum Gasteiger partial charge on any atom is -0.491 e. The van der Waals surface area contributed by atoms with Crippen LogP contribution in [-0.2, 0) is 4.74 Å². The maximum absolute atomic E-state index is 9.42. The Morgan fingerprint density at radius 3 is 2.65 bits per heavy atom. The topological polar surface area (TPSA) is 50.7 Å². The predicted molar refractivity (Wildman–Crippen MR) is 79.0 cm³/mol. The molecule has 1 aliphatic heterocycles. The Bertz CT molecular complexity index is 424.